The second kappa shape index (κ2) is 6.63. The predicted octanol–water partition coefficient (Wildman–Crippen LogP) is 4.57. The first-order chi connectivity index (χ1) is 9.12. The van der Waals surface area contributed by atoms with Crippen molar-refractivity contribution in [2.24, 2.45) is 0 Å². The first-order valence-corrected chi connectivity index (χ1v) is 14.2. The van der Waals surface area contributed by atoms with E-state index in [2.05, 4.69) is 65.8 Å². The molecular weight excluding hydrogens is 494 g/mol. The molecule has 0 aliphatic rings. The molecule has 4 radical (unpaired) electrons. The van der Waals surface area contributed by atoms with Crippen molar-refractivity contribution in [1.82, 2.24) is 0 Å². The van der Waals surface area contributed by atoms with Crippen LogP contribution in [0.3, 0.4) is 0 Å². The van der Waals surface area contributed by atoms with E-state index >= 15 is 0 Å². The van der Waals surface area contributed by atoms with Gasteiger partial charge in [-0.1, -0.05) is 0 Å². The van der Waals surface area contributed by atoms with Crippen molar-refractivity contribution in [3.8, 4) is 9.75 Å². The zero-order valence-electron chi connectivity index (χ0n) is 13.1. The van der Waals surface area contributed by atoms with Crippen molar-refractivity contribution in [1.29, 1.82) is 0 Å². The number of rotatable bonds is 3. The Bertz CT molecular complexity index is 516. The average molecular weight is 516 g/mol. The fraction of sp³-hybridized carbons (Fsp3) is 0.500. The summed E-state index contributed by atoms with van der Waals surface area (Å²) < 4.78 is 4.46. The van der Waals surface area contributed by atoms with Gasteiger partial charge in [-0.3, -0.25) is 0 Å². The monoisotopic (exact) mass is 518 g/mol. The third-order valence-corrected chi connectivity index (χ3v) is 14.2. The molecule has 0 nitrogen and oxygen atoms in total. The van der Waals surface area contributed by atoms with Crippen molar-refractivity contribution in [3.05, 3.63) is 24.3 Å². The van der Waals surface area contributed by atoms with Crippen molar-refractivity contribution < 1.29 is 0 Å². The van der Waals surface area contributed by atoms with E-state index < -0.39 is 42.3 Å². The van der Waals surface area contributed by atoms with Crippen LogP contribution >= 0.6 is 22.7 Å². The Kier molecular flexibility index (Phi) is 5.75. The van der Waals surface area contributed by atoms with Gasteiger partial charge in [0.15, 0.2) is 0 Å². The summed E-state index contributed by atoms with van der Waals surface area (Å²) >= 11 is 3.22. The predicted molar refractivity (Wildman–Crippen MR) is 97.8 cm³/mol. The summed E-state index contributed by atoms with van der Waals surface area (Å²) in [7, 11) is 0. The SMILES string of the molecule is C[C](C)(C)[Sn][c]1ccc(-c2cc[c]([Sn][C](C)(C)C)s2)s1. The minimum absolute atomic E-state index is 0.440. The fourth-order valence-electron chi connectivity index (χ4n) is 1.81. The van der Waals surface area contributed by atoms with Crippen LogP contribution in [0.25, 0.3) is 9.75 Å². The first kappa shape index (κ1) is 17.4. The molecule has 0 atom stereocenters. The fourth-order valence-corrected chi connectivity index (χ4v) is 15.6. The summed E-state index contributed by atoms with van der Waals surface area (Å²) in [6.07, 6.45) is 0. The zero-order valence-corrected chi connectivity index (χ0v) is 20.5. The average Bonchev–Trinajstić information content (AvgIpc) is 2.81. The van der Waals surface area contributed by atoms with Gasteiger partial charge in [-0.25, -0.2) is 0 Å². The normalized spacial score (nSPS) is 12.9. The van der Waals surface area contributed by atoms with Crippen molar-refractivity contribution in [2.75, 3.05) is 0 Å². The van der Waals surface area contributed by atoms with E-state index in [-0.39, 0.29) is 0 Å². The maximum absolute atomic E-state index is 2.39. The molecule has 0 spiro atoms. The third kappa shape index (κ3) is 5.65. The van der Waals surface area contributed by atoms with Crippen molar-refractivity contribution in [2.45, 2.75) is 48.4 Å². The van der Waals surface area contributed by atoms with E-state index in [9.17, 15) is 0 Å². The Morgan fingerprint density at radius 2 is 1.00 bits per heavy atom. The van der Waals surface area contributed by atoms with Gasteiger partial charge in [0.05, 0.1) is 0 Å². The molecule has 0 saturated carbocycles. The molecule has 4 heteroatoms. The van der Waals surface area contributed by atoms with Gasteiger partial charge in [0, 0.05) is 0 Å². The van der Waals surface area contributed by atoms with Crippen LogP contribution in [-0.4, -0.2) is 42.3 Å². The van der Waals surface area contributed by atoms with Gasteiger partial charge in [-0.05, 0) is 0 Å². The molecule has 0 saturated heterocycles. The Morgan fingerprint density at radius 1 is 0.650 bits per heavy atom. The van der Waals surface area contributed by atoms with Crippen LogP contribution in [0.2, 0.25) is 6.86 Å². The summed E-state index contributed by atoms with van der Waals surface area (Å²) in [5.74, 6) is 0. The van der Waals surface area contributed by atoms with Gasteiger partial charge in [0.1, 0.15) is 0 Å². The van der Waals surface area contributed by atoms with E-state index in [1.54, 1.807) is 5.79 Å². The molecule has 0 fully saturated rings. The molecule has 106 valence electrons. The summed E-state index contributed by atoms with van der Waals surface area (Å²) in [4.78, 5) is 2.99. The molecule has 0 unspecified atom stereocenters. The van der Waals surface area contributed by atoms with Crippen LogP contribution in [-0.2, 0) is 0 Å². The molecule has 2 aromatic heterocycles. The van der Waals surface area contributed by atoms with Crippen molar-refractivity contribution >= 4 is 70.7 Å². The number of hydrogen-bond donors (Lipinski definition) is 0. The molecule has 20 heavy (non-hydrogen) atoms. The van der Waals surface area contributed by atoms with Crippen LogP contribution < -0.4 is 5.79 Å². The van der Waals surface area contributed by atoms with Gasteiger partial charge >= 0.3 is 153 Å². The van der Waals surface area contributed by atoms with Crippen LogP contribution in [0, 0.1) is 0 Å². The summed E-state index contributed by atoms with van der Waals surface area (Å²) in [6.45, 7) is 14.3. The molecule has 0 aliphatic carbocycles. The molecule has 2 heterocycles. The molecule has 0 bridgehead atoms. The Balaban J connectivity index is 2.13. The van der Waals surface area contributed by atoms with E-state index in [1.165, 1.54) is 9.75 Å². The van der Waals surface area contributed by atoms with Crippen molar-refractivity contribution in [3.63, 3.8) is 0 Å². The quantitative estimate of drug-likeness (QED) is 0.525. The minimum atomic E-state index is -0.440. The van der Waals surface area contributed by atoms with Gasteiger partial charge in [-0.2, -0.15) is 0 Å². The maximum atomic E-state index is 2.39. The Labute approximate surface area is 151 Å². The molecule has 0 amide bonds. The molecule has 2 rings (SSSR count). The van der Waals surface area contributed by atoms with Crippen LogP contribution in [0.1, 0.15) is 41.5 Å². The zero-order chi connectivity index (χ0) is 15.0. The van der Waals surface area contributed by atoms with Gasteiger partial charge in [-0.15, -0.1) is 0 Å². The van der Waals surface area contributed by atoms with Crippen LogP contribution in [0.15, 0.2) is 24.3 Å². The second-order valence-electron chi connectivity index (χ2n) is 7.08. The Morgan fingerprint density at radius 3 is 1.30 bits per heavy atom. The summed E-state index contributed by atoms with van der Waals surface area (Å²) in [6, 6.07) is 9.48. The number of thiophene rings is 2. The topological polar surface area (TPSA) is 0 Å². The molecule has 0 N–H and O–H groups in total. The summed E-state index contributed by atoms with van der Waals surface area (Å²) in [5, 5.41) is 0. The molecule has 0 aliphatic heterocycles. The molecule has 0 aromatic carbocycles. The van der Waals surface area contributed by atoms with E-state index in [0.29, 0.717) is 6.86 Å². The second-order valence-corrected chi connectivity index (χ2v) is 24.4. The van der Waals surface area contributed by atoms with Gasteiger partial charge in [0.2, 0.25) is 0 Å². The molecular formula is C16H22S2Sn2. The first-order valence-electron chi connectivity index (χ1n) is 6.89. The molecule has 2 aromatic rings. The summed E-state index contributed by atoms with van der Waals surface area (Å²) in [5.41, 5.74) is 0. The van der Waals surface area contributed by atoms with Gasteiger partial charge in [0.25, 0.3) is 0 Å². The van der Waals surface area contributed by atoms with Crippen LogP contribution in [0.4, 0.5) is 0 Å². The van der Waals surface area contributed by atoms with E-state index in [4.69, 9.17) is 0 Å². The Hall–Kier alpha value is 0.997. The van der Waals surface area contributed by atoms with Gasteiger partial charge < -0.3 is 0 Å². The standard InChI is InChI=1S/C8H4S2.2C4H9.2Sn/c1-3-7(9-5-1)8-4-2-6-10-8;2*1-4(2)3;;/h1-4H;2*1-3H3;;. The third-order valence-electron chi connectivity index (χ3n) is 2.45. The number of hydrogen-bond acceptors (Lipinski definition) is 2. The van der Waals surface area contributed by atoms with E-state index in [0.717, 1.165) is 0 Å². The van der Waals surface area contributed by atoms with E-state index in [1.807, 2.05) is 22.7 Å². The van der Waals surface area contributed by atoms with Crippen LogP contribution in [0.5, 0.6) is 0 Å².